The van der Waals surface area contributed by atoms with Crippen LogP contribution in [0, 0.1) is 5.92 Å². The van der Waals surface area contributed by atoms with Crippen molar-refractivity contribution in [1.82, 2.24) is 4.90 Å². The SMILES string of the molecule is CCC1COCCN1CC(C)C(=O)OC. The molecule has 88 valence electrons. The van der Waals surface area contributed by atoms with Gasteiger partial charge < -0.3 is 9.47 Å². The topological polar surface area (TPSA) is 38.8 Å². The van der Waals surface area contributed by atoms with Crippen molar-refractivity contribution in [2.75, 3.05) is 33.4 Å². The minimum absolute atomic E-state index is 0.0536. The monoisotopic (exact) mass is 215 g/mol. The zero-order valence-corrected chi connectivity index (χ0v) is 9.86. The summed E-state index contributed by atoms with van der Waals surface area (Å²) in [4.78, 5) is 13.6. The van der Waals surface area contributed by atoms with Gasteiger partial charge in [-0.2, -0.15) is 0 Å². The van der Waals surface area contributed by atoms with E-state index in [2.05, 4.69) is 11.8 Å². The Bertz CT molecular complexity index is 208. The lowest BCUT2D eigenvalue weighted by molar-refractivity contribution is -0.146. The number of rotatable bonds is 4. The smallest absolute Gasteiger partial charge is 0.309 e. The van der Waals surface area contributed by atoms with E-state index in [4.69, 9.17) is 9.47 Å². The van der Waals surface area contributed by atoms with Gasteiger partial charge in [-0.05, 0) is 6.42 Å². The van der Waals surface area contributed by atoms with Crippen molar-refractivity contribution in [2.24, 2.45) is 5.92 Å². The maximum Gasteiger partial charge on any atom is 0.309 e. The summed E-state index contributed by atoms with van der Waals surface area (Å²) >= 11 is 0. The lowest BCUT2D eigenvalue weighted by atomic mass is 10.1. The second kappa shape index (κ2) is 6.08. The molecule has 0 spiro atoms. The van der Waals surface area contributed by atoms with Gasteiger partial charge in [0.1, 0.15) is 0 Å². The lowest BCUT2D eigenvalue weighted by Crippen LogP contribution is -2.47. The standard InChI is InChI=1S/C11H21NO3/c1-4-10-8-15-6-5-12(10)7-9(2)11(13)14-3/h9-10H,4-8H2,1-3H3. The molecule has 15 heavy (non-hydrogen) atoms. The quantitative estimate of drug-likeness (QED) is 0.653. The summed E-state index contributed by atoms with van der Waals surface area (Å²) in [5, 5.41) is 0. The average molecular weight is 215 g/mol. The number of methoxy groups -OCH3 is 1. The molecule has 0 aromatic rings. The Morgan fingerprint density at radius 3 is 3.00 bits per heavy atom. The molecule has 4 nitrogen and oxygen atoms in total. The van der Waals surface area contributed by atoms with E-state index < -0.39 is 0 Å². The number of nitrogens with zero attached hydrogens (tertiary/aromatic N) is 1. The number of morpholine rings is 1. The fourth-order valence-corrected chi connectivity index (χ4v) is 1.93. The number of esters is 1. The Labute approximate surface area is 91.5 Å². The third-order valence-electron chi connectivity index (χ3n) is 2.93. The Balaban J connectivity index is 2.43. The number of carbonyl (C=O) groups excluding carboxylic acids is 1. The molecular weight excluding hydrogens is 194 g/mol. The van der Waals surface area contributed by atoms with Gasteiger partial charge in [-0.3, -0.25) is 9.69 Å². The first-order valence-electron chi connectivity index (χ1n) is 5.58. The third kappa shape index (κ3) is 3.47. The minimum atomic E-state index is -0.128. The highest BCUT2D eigenvalue weighted by molar-refractivity contribution is 5.72. The van der Waals surface area contributed by atoms with Crippen molar-refractivity contribution >= 4 is 5.97 Å². The number of carbonyl (C=O) groups is 1. The first-order chi connectivity index (χ1) is 7.19. The van der Waals surface area contributed by atoms with E-state index >= 15 is 0 Å². The summed E-state index contributed by atoms with van der Waals surface area (Å²) in [7, 11) is 1.44. The van der Waals surface area contributed by atoms with Gasteiger partial charge in [0.15, 0.2) is 0 Å². The highest BCUT2D eigenvalue weighted by Crippen LogP contribution is 2.13. The van der Waals surface area contributed by atoms with Crippen molar-refractivity contribution in [3.05, 3.63) is 0 Å². The number of hydrogen-bond acceptors (Lipinski definition) is 4. The first-order valence-corrected chi connectivity index (χ1v) is 5.58. The second-order valence-corrected chi connectivity index (χ2v) is 4.06. The molecule has 0 aliphatic carbocycles. The van der Waals surface area contributed by atoms with E-state index in [1.807, 2.05) is 6.92 Å². The van der Waals surface area contributed by atoms with Gasteiger partial charge in [-0.1, -0.05) is 13.8 Å². The molecule has 1 aliphatic rings. The first kappa shape index (κ1) is 12.5. The summed E-state index contributed by atoms with van der Waals surface area (Å²) < 4.78 is 10.1. The molecule has 0 aromatic carbocycles. The van der Waals surface area contributed by atoms with E-state index in [1.165, 1.54) is 7.11 Å². The summed E-state index contributed by atoms with van der Waals surface area (Å²) in [6, 6.07) is 0.450. The van der Waals surface area contributed by atoms with Gasteiger partial charge in [0.25, 0.3) is 0 Å². The zero-order chi connectivity index (χ0) is 11.3. The summed E-state index contributed by atoms with van der Waals surface area (Å²) in [5.74, 6) is -0.182. The molecule has 4 heteroatoms. The van der Waals surface area contributed by atoms with Crippen LogP contribution in [-0.2, 0) is 14.3 Å². The van der Waals surface area contributed by atoms with Crippen LogP contribution in [0.15, 0.2) is 0 Å². The third-order valence-corrected chi connectivity index (χ3v) is 2.93. The Morgan fingerprint density at radius 2 is 2.40 bits per heavy atom. The van der Waals surface area contributed by atoms with E-state index in [9.17, 15) is 4.79 Å². The summed E-state index contributed by atoms with van der Waals surface area (Å²) in [5.41, 5.74) is 0. The average Bonchev–Trinajstić information content (AvgIpc) is 2.28. The second-order valence-electron chi connectivity index (χ2n) is 4.06. The van der Waals surface area contributed by atoms with Crippen LogP contribution in [-0.4, -0.2) is 50.3 Å². The van der Waals surface area contributed by atoms with Gasteiger partial charge in [-0.25, -0.2) is 0 Å². The fraction of sp³-hybridized carbons (Fsp3) is 0.909. The van der Waals surface area contributed by atoms with Crippen molar-refractivity contribution in [2.45, 2.75) is 26.3 Å². The maximum absolute atomic E-state index is 11.3. The van der Waals surface area contributed by atoms with E-state index in [0.717, 1.165) is 32.7 Å². The highest BCUT2D eigenvalue weighted by atomic mass is 16.5. The summed E-state index contributed by atoms with van der Waals surface area (Å²) in [6.45, 7) is 7.30. The van der Waals surface area contributed by atoms with Crippen LogP contribution in [0.2, 0.25) is 0 Å². The van der Waals surface area contributed by atoms with E-state index in [1.54, 1.807) is 0 Å². The lowest BCUT2D eigenvalue weighted by Gasteiger charge is -2.36. The van der Waals surface area contributed by atoms with Crippen molar-refractivity contribution < 1.29 is 14.3 Å². The van der Waals surface area contributed by atoms with Gasteiger partial charge in [0.05, 0.1) is 26.2 Å². The molecule has 1 rings (SSSR count). The van der Waals surface area contributed by atoms with Gasteiger partial charge in [0.2, 0.25) is 0 Å². The molecule has 2 atom stereocenters. The zero-order valence-electron chi connectivity index (χ0n) is 9.86. The molecule has 1 aliphatic heterocycles. The molecule has 0 aromatic heterocycles. The van der Waals surface area contributed by atoms with Crippen LogP contribution in [0.1, 0.15) is 20.3 Å². The van der Waals surface area contributed by atoms with Gasteiger partial charge in [0, 0.05) is 19.1 Å². The predicted octanol–water partition coefficient (Wildman–Crippen LogP) is 0.906. The molecule has 0 bridgehead atoms. The van der Waals surface area contributed by atoms with Crippen LogP contribution in [0.4, 0.5) is 0 Å². The maximum atomic E-state index is 11.3. The van der Waals surface area contributed by atoms with Crippen LogP contribution in [0.25, 0.3) is 0 Å². The predicted molar refractivity (Wildman–Crippen MR) is 57.7 cm³/mol. The number of hydrogen-bond donors (Lipinski definition) is 0. The Kier molecular flexibility index (Phi) is 5.05. The Morgan fingerprint density at radius 1 is 1.67 bits per heavy atom. The molecule has 1 fully saturated rings. The van der Waals surface area contributed by atoms with Crippen molar-refractivity contribution in [1.29, 1.82) is 0 Å². The Hall–Kier alpha value is -0.610. The van der Waals surface area contributed by atoms with Gasteiger partial charge in [-0.15, -0.1) is 0 Å². The van der Waals surface area contributed by atoms with Crippen LogP contribution in [0.3, 0.4) is 0 Å². The largest absolute Gasteiger partial charge is 0.469 e. The number of ether oxygens (including phenoxy) is 2. The molecule has 2 unspecified atom stereocenters. The van der Waals surface area contributed by atoms with Crippen molar-refractivity contribution in [3.63, 3.8) is 0 Å². The van der Waals surface area contributed by atoms with Crippen LogP contribution < -0.4 is 0 Å². The van der Waals surface area contributed by atoms with Crippen LogP contribution in [0.5, 0.6) is 0 Å². The molecule has 0 saturated carbocycles. The normalized spacial score (nSPS) is 24.9. The molecule has 1 heterocycles. The molecule has 0 radical (unpaired) electrons. The molecular formula is C11H21NO3. The molecule has 0 N–H and O–H groups in total. The van der Waals surface area contributed by atoms with Crippen molar-refractivity contribution in [3.8, 4) is 0 Å². The van der Waals surface area contributed by atoms with E-state index in [-0.39, 0.29) is 11.9 Å². The highest BCUT2D eigenvalue weighted by Gasteiger charge is 2.25. The molecule has 0 amide bonds. The minimum Gasteiger partial charge on any atom is -0.469 e. The van der Waals surface area contributed by atoms with E-state index in [0.29, 0.717) is 6.04 Å². The fourth-order valence-electron chi connectivity index (χ4n) is 1.93. The molecule has 1 saturated heterocycles. The summed E-state index contributed by atoms with van der Waals surface area (Å²) in [6.07, 6.45) is 1.06. The van der Waals surface area contributed by atoms with Crippen LogP contribution >= 0.6 is 0 Å². The van der Waals surface area contributed by atoms with Gasteiger partial charge >= 0.3 is 5.97 Å².